The van der Waals surface area contributed by atoms with Crippen molar-refractivity contribution in [3.05, 3.63) is 28.2 Å². The van der Waals surface area contributed by atoms with Gasteiger partial charge in [0, 0.05) is 4.47 Å². The molecule has 1 aliphatic rings. The maximum atomic E-state index is 11.8. The van der Waals surface area contributed by atoms with E-state index in [4.69, 9.17) is 4.74 Å². The van der Waals surface area contributed by atoms with Crippen LogP contribution in [0.4, 0.5) is 0 Å². The van der Waals surface area contributed by atoms with Crippen LogP contribution >= 0.6 is 15.9 Å². The molecule has 4 heteroatoms. The van der Waals surface area contributed by atoms with E-state index in [1.165, 1.54) is 0 Å². The summed E-state index contributed by atoms with van der Waals surface area (Å²) in [6.45, 7) is 4.35. The van der Waals surface area contributed by atoms with Crippen LogP contribution in [-0.2, 0) is 0 Å². The minimum atomic E-state index is -0.331. The van der Waals surface area contributed by atoms with E-state index in [0.29, 0.717) is 17.9 Å². The molecular weight excluding hydrogens is 258 g/mol. The van der Waals surface area contributed by atoms with Gasteiger partial charge in [0.2, 0.25) is 0 Å². The number of hydrogen-bond donors (Lipinski definition) is 1. The van der Waals surface area contributed by atoms with Crippen LogP contribution in [0, 0.1) is 0 Å². The van der Waals surface area contributed by atoms with Crippen molar-refractivity contribution in [2.24, 2.45) is 0 Å². The number of carbonyl (C=O) groups excluding carboxylic acids is 1. The Bertz CT molecular complexity index is 415. The van der Waals surface area contributed by atoms with Crippen LogP contribution in [0.15, 0.2) is 22.7 Å². The third-order valence-corrected chi connectivity index (χ3v) is 2.72. The highest BCUT2D eigenvalue weighted by Gasteiger charge is 2.28. The van der Waals surface area contributed by atoms with E-state index >= 15 is 0 Å². The second kappa shape index (κ2) is 3.52. The van der Waals surface area contributed by atoms with Gasteiger partial charge in [0.25, 0.3) is 5.91 Å². The molecule has 0 bridgehead atoms. The number of ether oxygens (including phenoxy) is 1. The van der Waals surface area contributed by atoms with Gasteiger partial charge in [0.15, 0.2) is 0 Å². The largest absolute Gasteiger partial charge is 0.490 e. The molecule has 80 valence electrons. The summed E-state index contributed by atoms with van der Waals surface area (Å²) in [7, 11) is 0. The van der Waals surface area contributed by atoms with E-state index in [1.54, 1.807) is 6.07 Å². The van der Waals surface area contributed by atoms with Gasteiger partial charge < -0.3 is 10.1 Å². The Kier molecular flexibility index (Phi) is 2.46. The van der Waals surface area contributed by atoms with Gasteiger partial charge >= 0.3 is 0 Å². The van der Waals surface area contributed by atoms with Gasteiger partial charge in [-0.2, -0.15) is 0 Å². The Morgan fingerprint density at radius 1 is 1.47 bits per heavy atom. The molecule has 1 aliphatic heterocycles. The van der Waals surface area contributed by atoms with Crippen LogP contribution in [0.5, 0.6) is 5.75 Å². The molecule has 1 N–H and O–H groups in total. The minimum absolute atomic E-state index is 0.0833. The summed E-state index contributed by atoms with van der Waals surface area (Å²) >= 11 is 3.35. The normalized spacial score (nSPS) is 18.5. The van der Waals surface area contributed by atoms with Crippen molar-refractivity contribution in [2.75, 3.05) is 6.61 Å². The first-order valence-corrected chi connectivity index (χ1v) is 5.52. The fraction of sp³-hybridized carbons (Fsp3) is 0.364. The lowest BCUT2D eigenvalue weighted by Crippen LogP contribution is -2.45. The molecular formula is C11H12BrNO2. The zero-order chi connectivity index (χ0) is 11.1. The van der Waals surface area contributed by atoms with Gasteiger partial charge in [-0.3, -0.25) is 4.79 Å². The van der Waals surface area contributed by atoms with Gasteiger partial charge in [-0.15, -0.1) is 0 Å². The number of hydrogen-bond acceptors (Lipinski definition) is 2. The zero-order valence-electron chi connectivity index (χ0n) is 8.63. The lowest BCUT2D eigenvalue weighted by atomic mass is 10.1. The molecule has 0 atom stereocenters. The molecule has 1 amide bonds. The fourth-order valence-corrected chi connectivity index (χ4v) is 1.81. The third kappa shape index (κ3) is 2.15. The standard InChI is InChI=1S/C11H12BrNO2/c1-11(2)6-15-9-5-7(12)3-4-8(9)10(14)13-11/h3-5H,6H2,1-2H3,(H,13,14). The number of halogens is 1. The molecule has 1 aromatic carbocycles. The number of benzene rings is 1. The van der Waals surface area contributed by atoms with Gasteiger partial charge in [-0.25, -0.2) is 0 Å². The average Bonchev–Trinajstić information content (AvgIpc) is 2.23. The second-order valence-electron chi connectivity index (χ2n) is 4.27. The van der Waals surface area contributed by atoms with Crippen LogP contribution in [-0.4, -0.2) is 18.1 Å². The Hall–Kier alpha value is -1.03. The lowest BCUT2D eigenvalue weighted by Gasteiger charge is -2.22. The number of carbonyl (C=O) groups is 1. The van der Waals surface area contributed by atoms with Crippen molar-refractivity contribution in [2.45, 2.75) is 19.4 Å². The van der Waals surface area contributed by atoms with Gasteiger partial charge in [-0.05, 0) is 32.0 Å². The highest BCUT2D eigenvalue weighted by molar-refractivity contribution is 9.10. The second-order valence-corrected chi connectivity index (χ2v) is 5.18. The Balaban J connectivity index is 2.44. The van der Waals surface area contributed by atoms with Crippen molar-refractivity contribution in [3.8, 4) is 5.75 Å². The van der Waals surface area contributed by atoms with Crippen molar-refractivity contribution in [3.63, 3.8) is 0 Å². The number of rotatable bonds is 0. The summed E-state index contributed by atoms with van der Waals surface area (Å²) in [5, 5.41) is 2.91. The summed E-state index contributed by atoms with van der Waals surface area (Å²) in [5.74, 6) is 0.549. The Labute approximate surface area is 96.9 Å². The number of nitrogens with one attached hydrogen (secondary N) is 1. The summed E-state index contributed by atoms with van der Waals surface area (Å²) in [6.07, 6.45) is 0. The van der Waals surface area contributed by atoms with Crippen LogP contribution in [0.25, 0.3) is 0 Å². The Morgan fingerprint density at radius 2 is 2.20 bits per heavy atom. The molecule has 0 aromatic heterocycles. The van der Waals surface area contributed by atoms with E-state index in [2.05, 4.69) is 21.2 Å². The molecule has 0 unspecified atom stereocenters. The molecule has 0 saturated heterocycles. The molecule has 2 rings (SSSR count). The third-order valence-electron chi connectivity index (χ3n) is 2.23. The molecule has 1 aromatic rings. The van der Waals surface area contributed by atoms with Crippen LogP contribution in [0.1, 0.15) is 24.2 Å². The molecule has 0 spiro atoms. The summed E-state index contributed by atoms with van der Waals surface area (Å²) in [4.78, 5) is 11.8. The predicted octanol–water partition coefficient (Wildman–Crippen LogP) is 2.35. The molecule has 0 saturated carbocycles. The summed E-state index contributed by atoms with van der Waals surface area (Å²) in [5.41, 5.74) is 0.256. The van der Waals surface area contributed by atoms with E-state index in [0.717, 1.165) is 4.47 Å². The zero-order valence-corrected chi connectivity index (χ0v) is 10.2. The fourth-order valence-electron chi connectivity index (χ4n) is 1.47. The maximum Gasteiger partial charge on any atom is 0.255 e. The molecule has 0 fully saturated rings. The van der Waals surface area contributed by atoms with Crippen molar-refractivity contribution >= 4 is 21.8 Å². The maximum absolute atomic E-state index is 11.8. The molecule has 3 nitrogen and oxygen atoms in total. The van der Waals surface area contributed by atoms with Gasteiger partial charge in [0.05, 0.1) is 11.1 Å². The topological polar surface area (TPSA) is 38.3 Å². The first kappa shape index (κ1) is 10.5. The summed E-state index contributed by atoms with van der Waals surface area (Å²) in [6, 6.07) is 5.41. The van der Waals surface area contributed by atoms with Crippen molar-refractivity contribution in [1.29, 1.82) is 0 Å². The van der Waals surface area contributed by atoms with Crippen LogP contribution < -0.4 is 10.1 Å². The van der Waals surface area contributed by atoms with Gasteiger partial charge in [-0.1, -0.05) is 15.9 Å². The molecule has 0 radical (unpaired) electrons. The SMILES string of the molecule is CC1(C)COc2cc(Br)ccc2C(=O)N1. The quantitative estimate of drug-likeness (QED) is 0.785. The minimum Gasteiger partial charge on any atom is -0.490 e. The number of fused-ring (bicyclic) bond motifs is 1. The van der Waals surface area contributed by atoms with E-state index in [9.17, 15) is 4.79 Å². The first-order valence-electron chi connectivity index (χ1n) is 4.73. The number of amides is 1. The molecule has 1 heterocycles. The van der Waals surface area contributed by atoms with Crippen molar-refractivity contribution in [1.82, 2.24) is 5.32 Å². The summed E-state index contributed by atoms with van der Waals surface area (Å²) < 4.78 is 6.51. The average molecular weight is 270 g/mol. The lowest BCUT2D eigenvalue weighted by molar-refractivity contribution is 0.0909. The highest BCUT2D eigenvalue weighted by Crippen LogP contribution is 2.27. The van der Waals surface area contributed by atoms with E-state index in [-0.39, 0.29) is 11.4 Å². The Morgan fingerprint density at radius 3 is 2.93 bits per heavy atom. The molecule has 15 heavy (non-hydrogen) atoms. The highest BCUT2D eigenvalue weighted by atomic mass is 79.9. The molecule has 0 aliphatic carbocycles. The van der Waals surface area contributed by atoms with Crippen molar-refractivity contribution < 1.29 is 9.53 Å². The smallest absolute Gasteiger partial charge is 0.255 e. The van der Waals surface area contributed by atoms with E-state index in [1.807, 2.05) is 26.0 Å². The van der Waals surface area contributed by atoms with Gasteiger partial charge in [0.1, 0.15) is 12.4 Å². The predicted molar refractivity (Wildman–Crippen MR) is 61.2 cm³/mol. The monoisotopic (exact) mass is 269 g/mol. The van der Waals surface area contributed by atoms with E-state index < -0.39 is 0 Å². The van der Waals surface area contributed by atoms with Crippen LogP contribution in [0.3, 0.4) is 0 Å². The van der Waals surface area contributed by atoms with Crippen LogP contribution in [0.2, 0.25) is 0 Å². The first-order chi connectivity index (χ1) is 6.98.